The smallest absolute Gasteiger partial charge is 0.319 e. The van der Waals surface area contributed by atoms with Gasteiger partial charge in [0.1, 0.15) is 0 Å². The third-order valence-electron chi connectivity index (χ3n) is 8.34. The molecule has 190 valence electrons. The molecule has 5 atom stereocenters. The Labute approximate surface area is 218 Å². The Bertz CT molecular complexity index is 1250. The van der Waals surface area contributed by atoms with Gasteiger partial charge in [0, 0.05) is 29.9 Å². The number of benzene rings is 3. The predicted molar refractivity (Wildman–Crippen MR) is 146 cm³/mol. The van der Waals surface area contributed by atoms with Gasteiger partial charge in [0.15, 0.2) is 0 Å². The number of anilines is 2. The molecule has 5 unspecified atom stereocenters. The molecule has 2 fully saturated rings. The van der Waals surface area contributed by atoms with E-state index in [0.717, 1.165) is 50.0 Å². The summed E-state index contributed by atoms with van der Waals surface area (Å²) in [4.78, 5) is 29.1. The van der Waals surface area contributed by atoms with E-state index in [9.17, 15) is 9.59 Å². The minimum atomic E-state index is -0.244. The van der Waals surface area contributed by atoms with Crippen molar-refractivity contribution in [2.75, 3.05) is 17.2 Å². The predicted octanol–water partition coefficient (Wildman–Crippen LogP) is 6.12. The lowest BCUT2D eigenvalue weighted by Crippen LogP contribution is -2.51. The van der Waals surface area contributed by atoms with E-state index in [-0.39, 0.29) is 36.0 Å². The Morgan fingerprint density at radius 3 is 2.32 bits per heavy atom. The molecule has 6 heteroatoms. The van der Waals surface area contributed by atoms with Crippen molar-refractivity contribution in [1.82, 2.24) is 10.2 Å². The lowest BCUT2D eigenvalue weighted by molar-refractivity contribution is -0.138. The van der Waals surface area contributed by atoms with Gasteiger partial charge in [-0.3, -0.25) is 4.79 Å². The number of hydrogen-bond acceptors (Lipinski definition) is 3. The van der Waals surface area contributed by atoms with Crippen molar-refractivity contribution in [3.8, 4) is 0 Å². The van der Waals surface area contributed by atoms with Crippen LogP contribution in [0.15, 0.2) is 84.9 Å². The van der Waals surface area contributed by atoms with E-state index in [1.54, 1.807) is 0 Å². The Morgan fingerprint density at radius 2 is 1.51 bits per heavy atom. The first-order valence-corrected chi connectivity index (χ1v) is 13.5. The van der Waals surface area contributed by atoms with Gasteiger partial charge < -0.3 is 20.9 Å². The topological polar surface area (TPSA) is 73.5 Å². The molecule has 3 N–H and O–H groups in total. The van der Waals surface area contributed by atoms with Gasteiger partial charge in [0.05, 0.1) is 18.0 Å². The van der Waals surface area contributed by atoms with E-state index in [1.165, 1.54) is 11.1 Å². The third-order valence-corrected chi connectivity index (χ3v) is 8.34. The summed E-state index contributed by atoms with van der Waals surface area (Å²) >= 11 is 0. The number of carbonyl (C=O) groups excluding carboxylic acids is 2. The molecule has 2 heterocycles. The molecule has 3 amide bonds. The molecule has 3 aromatic rings. The molecule has 6 nitrogen and oxygen atoms in total. The zero-order valence-electron chi connectivity index (χ0n) is 21.0. The zero-order valence-corrected chi connectivity index (χ0v) is 21.0. The highest BCUT2D eigenvalue weighted by Gasteiger charge is 2.48. The van der Waals surface area contributed by atoms with Crippen LogP contribution < -0.4 is 16.0 Å². The molecule has 6 rings (SSSR count). The van der Waals surface area contributed by atoms with Crippen LogP contribution in [0.5, 0.6) is 0 Å². The van der Waals surface area contributed by atoms with E-state index in [4.69, 9.17) is 0 Å². The quantitative estimate of drug-likeness (QED) is 0.409. The summed E-state index contributed by atoms with van der Waals surface area (Å²) in [5.74, 6) is 0.282. The molecule has 3 aromatic carbocycles. The summed E-state index contributed by atoms with van der Waals surface area (Å²) in [5, 5.41) is 9.83. The fourth-order valence-electron chi connectivity index (χ4n) is 6.63. The Hall–Kier alpha value is -3.80. The zero-order chi connectivity index (χ0) is 25.2. The number of para-hydroxylation sites is 2. The van der Waals surface area contributed by atoms with Crippen molar-refractivity contribution < 1.29 is 9.59 Å². The maximum atomic E-state index is 14.2. The van der Waals surface area contributed by atoms with Crippen LogP contribution in [0.2, 0.25) is 0 Å². The highest BCUT2D eigenvalue weighted by Crippen LogP contribution is 2.51. The second kappa shape index (κ2) is 10.3. The van der Waals surface area contributed by atoms with Gasteiger partial charge in [-0.2, -0.15) is 0 Å². The van der Waals surface area contributed by atoms with Gasteiger partial charge in [-0.15, -0.1) is 0 Å². The van der Waals surface area contributed by atoms with Crippen molar-refractivity contribution in [1.29, 1.82) is 0 Å². The van der Waals surface area contributed by atoms with Gasteiger partial charge in [-0.25, -0.2) is 4.79 Å². The van der Waals surface area contributed by atoms with E-state index in [0.29, 0.717) is 5.92 Å². The number of likely N-dealkylation sites (tertiary alicyclic amines) is 1. The van der Waals surface area contributed by atoms with Gasteiger partial charge in [0.2, 0.25) is 5.91 Å². The molecular formula is C31H34N4O2. The van der Waals surface area contributed by atoms with E-state index >= 15 is 0 Å². The van der Waals surface area contributed by atoms with Crippen LogP contribution in [0.1, 0.15) is 55.3 Å². The van der Waals surface area contributed by atoms with Crippen LogP contribution in [0.3, 0.4) is 0 Å². The molecule has 0 aromatic heterocycles. The number of rotatable bonds is 4. The summed E-state index contributed by atoms with van der Waals surface area (Å²) in [7, 11) is 0. The van der Waals surface area contributed by atoms with Gasteiger partial charge in [-0.1, -0.05) is 79.6 Å². The largest absolute Gasteiger partial charge is 0.378 e. The van der Waals surface area contributed by atoms with Gasteiger partial charge in [0.25, 0.3) is 0 Å². The fraction of sp³-hybridized carbons (Fsp3) is 0.355. The summed E-state index contributed by atoms with van der Waals surface area (Å²) in [5.41, 5.74) is 4.32. The van der Waals surface area contributed by atoms with Gasteiger partial charge in [-0.05, 0) is 48.6 Å². The lowest BCUT2D eigenvalue weighted by atomic mass is 9.79. The van der Waals surface area contributed by atoms with Crippen LogP contribution in [0.25, 0.3) is 0 Å². The minimum absolute atomic E-state index is 0.0378. The second-order valence-electron chi connectivity index (χ2n) is 10.5. The van der Waals surface area contributed by atoms with Crippen molar-refractivity contribution >= 4 is 23.3 Å². The van der Waals surface area contributed by atoms with Crippen molar-refractivity contribution in [2.45, 2.75) is 50.2 Å². The molecule has 1 aliphatic carbocycles. The first kappa shape index (κ1) is 23.6. The summed E-state index contributed by atoms with van der Waals surface area (Å²) in [6.07, 6.45) is 4.63. The molecule has 1 saturated heterocycles. The number of nitrogens with one attached hydrogen (secondary N) is 3. The molecule has 3 aliphatic rings. The van der Waals surface area contributed by atoms with Gasteiger partial charge >= 0.3 is 6.03 Å². The van der Waals surface area contributed by atoms with Crippen molar-refractivity contribution in [3.05, 3.63) is 96.1 Å². The molecule has 37 heavy (non-hydrogen) atoms. The van der Waals surface area contributed by atoms with Crippen LogP contribution in [-0.2, 0) is 4.79 Å². The molecule has 1 saturated carbocycles. The maximum Gasteiger partial charge on any atom is 0.319 e. The SMILES string of the molecule is O=C(Nc1ccccc1)NC1CCCCC1C(=O)N1CCC2C(c3ccccc3)Nc3ccccc3C21. The summed E-state index contributed by atoms with van der Waals surface area (Å²) in [6, 6.07) is 28.2. The normalized spacial score (nSPS) is 26.4. The molecule has 0 bridgehead atoms. The summed E-state index contributed by atoms with van der Waals surface area (Å²) in [6.45, 7) is 0.743. The number of hydrogen-bond donors (Lipinski definition) is 3. The number of nitrogens with zero attached hydrogens (tertiary/aromatic N) is 1. The Kier molecular flexibility index (Phi) is 6.56. The van der Waals surface area contributed by atoms with Crippen molar-refractivity contribution in [2.24, 2.45) is 11.8 Å². The van der Waals surface area contributed by atoms with Crippen LogP contribution in [0, 0.1) is 11.8 Å². The molecular weight excluding hydrogens is 460 g/mol. The maximum absolute atomic E-state index is 14.2. The Morgan fingerprint density at radius 1 is 0.811 bits per heavy atom. The van der Waals surface area contributed by atoms with E-state index < -0.39 is 0 Å². The second-order valence-corrected chi connectivity index (χ2v) is 10.5. The highest BCUT2D eigenvalue weighted by atomic mass is 16.2. The standard InChI is InChI=1S/C31H34N4O2/c36-30(24-16-8-10-18-27(24)34-31(37)32-22-13-5-2-6-14-22)35-20-19-25-28(21-11-3-1-4-12-21)33-26-17-9-7-15-23(26)29(25)35/h1-7,9,11-15,17,24-25,27-29,33H,8,10,16,18-20H2,(H2,32,34,37). The van der Waals surface area contributed by atoms with Crippen LogP contribution >= 0.6 is 0 Å². The number of amides is 3. The first-order chi connectivity index (χ1) is 18.2. The number of fused-ring (bicyclic) bond motifs is 3. The van der Waals surface area contributed by atoms with Crippen LogP contribution in [0.4, 0.5) is 16.2 Å². The molecule has 0 radical (unpaired) electrons. The monoisotopic (exact) mass is 494 g/mol. The van der Waals surface area contributed by atoms with E-state index in [1.807, 2.05) is 36.4 Å². The fourth-order valence-corrected chi connectivity index (χ4v) is 6.63. The Balaban J connectivity index is 1.24. The minimum Gasteiger partial charge on any atom is -0.378 e. The lowest BCUT2D eigenvalue weighted by Gasteiger charge is -2.42. The number of carbonyl (C=O) groups is 2. The van der Waals surface area contributed by atoms with Crippen molar-refractivity contribution in [3.63, 3.8) is 0 Å². The summed E-state index contributed by atoms with van der Waals surface area (Å²) < 4.78 is 0. The first-order valence-electron chi connectivity index (χ1n) is 13.5. The number of urea groups is 1. The highest BCUT2D eigenvalue weighted by molar-refractivity contribution is 5.90. The molecule has 2 aliphatic heterocycles. The third kappa shape index (κ3) is 4.68. The van der Waals surface area contributed by atoms with E-state index in [2.05, 4.69) is 69.4 Å². The molecule has 0 spiro atoms. The average Bonchev–Trinajstić information content (AvgIpc) is 3.39. The average molecular weight is 495 g/mol. The van der Waals surface area contributed by atoms with Crippen LogP contribution in [-0.4, -0.2) is 29.4 Å².